The number of carbonyl (C=O) groups is 1. The molecule has 1 amide bonds. The molecule has 1 aromatic carbocycles. The highest BCUT2D eigenvalue weighted by atomic mass is 16.2. The number of fused-ring (bicyclic) bond motifs is 2. The molecule has 1 aliphatic carbocycles. The van der Waals surface area contributed by atoms with Gasteiger partial charge in [0.25, 0.3) is 0 Å². The van der Waals surface area contributed by atoms with Gasteiger partial charge in [-0.05, 0) is 50.4 Å². The molecule has 1 saturated heterocycles. The summed E-state index contributed by atoms with van der Waals surface area (Å²) in [6, 6.07) is 8.43. The van der Waals surface area contributed by atoms with Gasteiger partial charge >= 0.3 is 0 Å². The first-order valence-corrected chi connectivity index (χ1v) is 7.31. The van der Waals surface area contributed by atoms with Gasteiger partial charge in [0.2, 0.25) is 5.91 Å². The Balaban J connectivity index is 1.79. The third-order valence-electron chi connectivity index (χ3n) is 4.96. The van der Waals surface area contributed by atoms with Gasteiger partial charge in [-0.1, -0.05) is 18.2 Å². The van der Waals surface area contributed by atoms with E-state index in [0.29, 0.717) is 5.91 Å². The molecule has 0 bridgehead atoms. The molecule has 1 atom stereocenters. The van der Waals surface area contributed by atoms with Gasteiger partial charge in [-0.2, -0.15) is 0 Å². The van der Waals surface area contributed by atoms with Gasteiger partial charge < -0.3 is 9.80 Å². The van der Waals surface area contributed by atoms with Crippen molar-refractivity contribution in [3.63, 3.8) is 0 Å². The van der Waals surface area contributed by atoms with Gasteiger partial charge in [-0.15, -0.1) is 0 Å². The Hall–Kier alpha value is -1.35. The van der Waals surface area contributed by atoms with E-state index in [4.69, 9.17) is 0 Å². The number of likely N-dealkylation sites (tertiary alicyclic amines) is 1. The maximum absolute atomic E-state index is 13.0. The standard InChI is InChI=1S/C16H20N2O/c1-17-9-8-16(11-17)13-4-2-3-5-14(13)18(15(16)19)10-12-6-7-12/h2-5,12H,6-11H2,1H3. The molecule has 3 aliphatic rings. The minimum Gasteiger partial charge on any atom is -0.311 e. The average Bonchev–Trinajstić information content (AvgIpc) is 3.12. The van der Waals surface area contributed by atoms with Crippen molar-refractivity contribution in [1.82, 2.24) is 4.90 Å². The number of nitrogens with zero attached hydrogens (tertiary/aromatic N) is 2. The topological polar surface area (TPSA) is 23.6 Å². The Kier molecular flexibility index (Phi) is 2.31. The molecule has 1 saturated carbocycles. The van der Waals surface area contributed by atoms with Gasteiger partial charge in [0, 0.05) is 18.8 Å². The van der Waals surface area contributed by atoms with Crippen LogP contribution in [0, 0.1) is 5.92 Å². The highest BCUT2D eigenvalue weighted by Crippen LogP contribution is 2.48. The fourth-order valence-electron chi connectivity index (χ4n) is 3.73. The van der Waals surface area contributed by atoms with Crippen LogP contribution in [0.15, 0.2) is 24.3 Å². The molecule has 2 heterocycles. The van der Waals surface area contributed by atoms with Crippen molar-refractivity contribution in [1.29, 1.82) is 0 Å². The van der Waals surface area contributed by atoms with Crippen LogP contribution >= 0.6 is 0 Å². The lowest BCUT2D eigenvalue weighted by Gasteiger charge is -2.23. The van der Waals surface area contributed by atoms with Crippen molar-refractivity contribution < 1.29 is 4.79 Å². The zero-order valence-electron chi connectivity index (χ0n) is 11.4. The number of rotatable bonds is 2. The van der Waals surface area contributed by atoms with Gasteiger partial charge in [-0.3, -0.25) is 4.79 Å². The molecule has 100 valence electrons. The van der Waals surface area contributed by atoms with Crippen LogP contribution in [0.1, 0.15) is 24.8 Å². The van der Waals surface area contributed by atoms with Crippen LogP contribution in [0.2, 0.25) is 0 Å². The second-order valence-electron chi connectivity index (χ2n) is 6.45. The van der Waals surface area contributed by atoms with E-state index in [0.717, 1.165) is 32.0 Å². The van der Waals surface area contributed by atoms with Gasteiger partial charge in [-0.25, -0.2) is 0 Å². The predicted molar refractivity (Wildman–Crippen MR) is 75.3 cm³/mol. The SMILES string of the molecule is CN1CCC2(C1)C(=O)N(CC1CC1)c1ccccc12. The third kappa shape index (κ3) is 1.57. The van der Waals surface area contributed by atoms with Crippen LogP contribution < -0.4 is 4.90 Å². The monoisotopic (exact) mass is 256 g/mol. The number of likely N-dealkylation sites (N-methyl/N-ethyl adjacent to an activating group) is 1. The summed E-state index contributed by atoms with van der Waals surface area (Å²) < 4.78 is 0. The van der Waals surface area contributed by atoms with Gasteiger partial charge in [0.1, 0.15) is 0 Å². The normalized spacial score (nSPS) is 30.4. The largest absolute Gasteiger partial charge is 0.311 e. The quantitative estimate of drug-likeness (QED) is 0.808. The first-order chi connectivity index (χ1) is 9.21. The molecule has 2 aliphatic heterocycles. The summed E-state index contributed by atoms with van der Waals surface area (Å²) in [4.78, 5) is 17.4. The molecular weight excluding hydrogens is 236 g/mol. The van der Waals surface area contributed by atoms with Crippen LogP contribution in [-0.4, -0.2) is 37.5 Å². The molecule has 1 unspecified atom stereocenters. The van der Waals surface area contributed by atoms with Gasteiger partial charge in [0.05, 0.1) is 5.41 Å². The van der Waals surface area contributed by atoms with E-state index in [9.17, 15) is 4.79 Å². The maximum atomic E-state index is 13.0. The van der Waals surface area contributed by atoms with Crippen LogP contribution in [0.25, 0.3) is 0 Å². The van der Waals surface area contributed by atoms with Crippen molar-refractivity contribution in [2.24, 2.45) is 5.92 Å². The first-order valence-electron chi connectivity index (χ1n) is 7.31. The molecule has 19 heavy (non-hydrogen) atoms. The maximum Gasteiger partial charge on any atom is 0.239 e. The molecule has 3 nitrogen and oxygen atoms in total. The molecule has 2 fully saturated rings. The summed E-state index contributed by atoms with van der Waals surface area (Å²) >= 11 is 0. The number of para-hydroxylation sites is 1. The van der Waals surface area contributed by atoms with Crippen molar-refractivity contribution >= 4 is 11.6 Å². The molecule has 3 heteroatoms. The molecule has 1 spiro atoms. The summed E-state index contributed by atoms with van der Waals surface area (Å²) in [5.74, 6) is 1.09. The molecule has 0 radical (unpaired) electrons. The fourth-order valence-corrected chi connectivity index (χ4v) is 3.73. The van der Waals surface area contributed by atoms with Gasteiger partial charge in [0.15, 0.2) is 0 Å². The predicted octanol–water partition coefficient (Wildman–Crippen LogP) is 2.02. The van der Waals surface area contributed by atoms with Crippen molar-refractivity contribution in [3.05, 3.63) is 29.8 Å². The third-order valence-corrected chi connectivity index (χ3v) is 4.96. The van der Waals surface area contributed by atoms with E-state index in [2.05, 4.69) is 41.1 Å². The van der Waals surface area contributed by atoms with Crippen LogP contribution in [0.3, 0.4) is 0 Å². The summed E-state index contributed by atoms with van der Waals surface area (Å²) in [6.45, 7) is 2.84. The van der Waals surface area contributed by atoms with Crippen LogP contribution in [-0.2, 0) is 10.2 Å². The Labute approximate surface area is 114 Å². The average molecular weight is 256 g/mol. The van der Waals surface area contributed by atoms with Crippen molar-refractivity contribution in [2.75, 3.05) is 31.6 Å². The Bertz CT molecular complexity index is 537. The first kappa shape index (κ1) is 11.5. The Morgan fingerprint density at radius 2 is 2.11 bits per heavy atom. The molecule has 0 N–H and O–H groups in total. The molecule has 0 aromatic heterocycles. The van der Waals surface area contributed by atoms with E-state index in [1.54, 1.807) is 0 Å². The Morgan fingerprint density at radius 3 is 2.79 bits per heavy atom. The summed E-state index contributed by atoms with van der Waals surface area (Å²) in [5, 5.41) is 0. The highest BCUT2D eigenvalue weighted by molar-refractivity contribution is 6.08. The minimum atomic E-state index is -0.250. The fraction of sp³-hybridized carbons (Fsp3) is 0.562. The van der Waals surface area contributed by atoms with E-state index in [1.165, 1.54) is 24.1 Å². The van der Waals surface area contributed by atoms with E-state index in [-0.39, 0.29) is 5.41 Å². The number of hydrogen-bond acceptors (Lipinski definition) is 2. The smallest absolute Gasteiger partial charge is 0.239 e. The molecule has 1 aromatic rings. The van der Waals surface area contributed by atoms with E-state index >= 15 is 0 Å². The van der Waals surface area contributed by atoms with E-state index in [1.807, 2.05) is 0 Å². The van der Waals surface area contributed by atoms with E-state index < -0.39 is 0 Å². The lowest BCUT2D eigenvalue weighted by Crippen LogP contribution is -2.42. The lowest BCUT2D eigenvalue weighted by molar-refractivity contribution is -0.122. The second-order valence-corrected chi connectivity index (χ2v) is 6.45. The summed E-state index contributed by atoms with van der Waals surface area (Å²) in [5.41, 5.74) is 2.19. The number of amides is 1. The highest BCUT2D eigenvalue weighted by Gasteiger charge is 2.54. The van der Waals surface area contributed by atoms with Crippen LogP contribution in [0.4, 0.5) is 5.69 Å². The number of anilines is 1. The number of carbonyl (C=O) groups excluding carboxylic acids is 1. The molecule has 4 rings (SSSR count). The van der Waals surface area contributed by atoms with Crippen LogP contribution in [0.5, 0.6) is 0 Å². The van der Waals surface area contributed by atoms with Crippen molar-refractivity contribution in [2.45, 2.75) is 24.7 Å². The Morgan fingerprint density at radius 1 is 1.32 bits per heavy atom. The van der Waals surface area contributed by atoms with Crippen molar-refractivity contribution in [3.8, 4) is 0 Å². The minimum absolute atomic E-state index is 0.250. The number of hydrogen-bond donors (Lipinski definition) is 0. The molecular formula is C16H20N2O. The second kappa shape index (κ2) is 3.83. The lowest BCUT2D eigenvalue weighted by atomic mass is 9.81. The summed E-state index contributed by atoms with van der Waals surface area (Å²) in [6.07, 6.45) is 3.55. The zero-order valence-corrected chi connectivity index (χ0v) is 11.4. The number of benzene rings is 1. The summed E-state index contributed by atoms with van der Waals surface area (Å²) in [7, 11) is 2.12. The zero-order chi connectivity index (χ0) is 13.0.